The van der Waals surface area contributed by atoms with Gasteiger partial charge in [0.1, 0.15) is 16.4 Å². The molecule has 0 radical (unpaired) electrons. The maximum absolute atomic E-state index is 13.0. The van der Waals surface area contributed by atoms with Crippen molar-refractivity contribution in [3.05, 3.63) is 64.4 Å². The zero-order chi connectivity index (χ0) is 21.2. The summed E-state index contributed by atoms with van der Waals surface area (Å²) in [4.78, 5) is 0.0186. The van der Waals surface area contributed by atoms with E-state index in [9.17, 15) is 8.42 Å². The van der Waals surface area contributed by atoms with Gasteiger partial charge in [0.2, 0.25) is 0 Å². The van der Waals surface area contributed by atoms with Crippen molar-refractivity contribution in [2.45, 2.75) is 25.3 Å². The van der Waals surface area contributed by atoms with E-state index in [1.165, 1.54) is 26.4 Å². The summed E-state index contributed by atoms with van der Waals surface area (Å²) in [6.07, 6.45) is 0. The Morgan fingerprint density at radius 2 is 1.76 bits per heavy atom. The summed E-state index contributed by atoms with van der Waals surface area (Å²) in [6.45, 7) is 4.07. The highest BCUT2D eigenvalue weighted by atomic mass is 35.5. The zero-order valence-corrected chi connectivity index (χ0v) is 18.1. The molecule has 3 aromatic rings. The van der Waals surface area contributed by atoms with Crippen molar-refractivity contribution in [2.24, 2.45) is 0 Å². The van der Waals surface area contributed by atoms with Crippen molar-refractivity contribution in [3.63, 3.8) is 0 Å². The van der Waals surface area contributed by atoms with Crippen LogP contribution < -0.4 is 14.2 Å². The van der Waals surface area contributed by atoms with Crippen molar-refractivity contribution >= 4 is 27.3 Å². The van der Waals surface area contributed by atoms with Crippen molar-refractivity contribution in [1.29, 1.82) is 0 Å². The number of nitrogens with one attached hydrogen (secondary N) is 1. The quantitative estimate of drug-likeness (QED) is 0.606. The Kier molecular flexibility index (Phi) is 6.04. The molecule has 154 valence electrons. The number of halogens is 1. The Balaban J connectivity index is 1.92. The molecule has 1 N–H and O–H groups in total. The maximum Gasteiger partial charge on any atom is 0.265 e. The second-order valence-corrected chi connectivity index (χ2v) is 8.54. The standard InChI is InChI=1S/C20H22ClN3O4S/c1-13-20(14(2)24(22-13)12-15-5-7-16(21)8-6-15)23-29(25,26)19-10-9-17(27-3)11-18(19)28-4/h5-11,23H,12H2,1-4H3. The second-order valence-electron chi connectivity index (χ2n) is 6.45. The van der Waals surface area contributed by atoms with E-state index in [1.54, 1.807) is 17.7 Å². The van der Waals surface area contributed by atoms with E-state index in [0.717, 1.165) is 5.56 Å². The average molecular weight is 436 g/mol. The number of ether oxygens (including phenoxy) is 2. The van der Waals surface area contributed by atoms with Crippen LogP contribution in [0.1, 0.15) is 17.0 Å². The number of sulfonamides is 1. The lowest BCUT2D eigenvalue weighted by molar-refractivity contribution is 0.386. The minimum absolute atomic E-state index is 0.0186. The first-order valence-electron chi connectivity index (χ1n) is 8.78. The molecule has 1 aromatic heterocycles. The first-order chi connectivity index (χ1) is 13.7. The van der Waals surface area contributed by atoms with Gasteiger partial charge in [-0.15, -0.1) is 0 Å². The molecule has 0 bridgehead atoms. The largest absolute Gasteiger partial charge is 0.497 e. The summed E-state index contributed by atoms with van der Waals surface area (Å²) in [5, 5.41) is 5.14. The van der Waals surface area contributed by atoms with Gasteiger partial charge in [0.05, 0.1) is 37.8 Å². The lowest BCUT2D eigenvalue weighted by atomic mass is 10.2. The SMILES string of the molecule is COc1ccc(S(=O)(=O)Nc2c(C)nn(Cc3ccc(Cl)cc3)c2C)c(OC)c1. The molecule has 0 unspecified atom stereocenters. The smallest absolute Gasteiger partial charge is 0.265 e. The van der Waals surface area contributed by atoms with Gasteiger partial charge < -0.3 is 9.47 Å². The third-order valence-electron chi connectivity index (χ3n) is 4.52. The molecular formula is C20H22ClN3O4S. The van der Waals surface area contributed by atoms with Gasteiger partial charge in [-0.1, -0.05) is 23.7 Å². The highest BCUT2D eigenvalue weighted by Gasteiger charge is 2.24. The molecule has 0 aliphatic heterocycles. The van der Waals surface area contributed by atoms with Gasteiger partial charge in [-0.05, 0) is 43.7 Å². The van der Waals surface area contributed by atoms with Gasteiger partial charge >= 0.3 is 0 Å². The molecule has 1 heterocycles. The predicted molar refractivity (Wildman–Crippen MR) is 113 cm³/mol. The molecule has 0 atom stereocenters. The summed E-state index contributed by atoms with van der Waals surface area (Å²) < 4.78 is 40.8. The lowest BCUT2D eigenvalue weighted by Crippen LogP contribution is -2.15. The molecule has 2 aromatic carbocycles. The first kappa shape index (κ1) is 21.0. The number of hydrogen-bond donors (Lipinski definition) is 1. The van der Waals surface area contributed by atoms with E-state index in [0.29, 0.717) is 34.4 Å². The second kappa shape index (κ2) is 8.34. The summed E-state index contributed by atoms with van der Waals surface area (Å²) >= 11 is 5.93. The van der Waals surface area contributed by atoms with Gasteiger partial charge in [0.25, 0.3) is 10.0 Å². The molecule has 7 nitrogen and oxygen atoms in total. The van der Waals surface area contributed by atoms with Crippen LogP contribution in [0.15, 0.2) is 47.4 Å². The molecule has 0 aliphatic carbocycles. The molecular weight excluding hydrogens is 414 g/mol. The third-order valence-corrected chi connectivity index (χ3v) is 6.16. The van der Waals surface area contributed by atoms with Crippen LogP contribution in [0.25, 0.3) is 0 Å². The molecule has 0 spiro atoms. The van der Waals surface area contributed by atoms with Crippen molar-refractivity contribution in [1.82, 2.24) is 9.78 Å². The average Bonchev–Trinajstić information content (AvgIpc) is 2.96. The first-order valence-corrected chi connectivity index (χ1v) is 10.6. The van der Waals surface area contributed by atoms with Crippen LogP contribution >= 0.6 is 11.6 Å². The van der Waals surface area contributed by atoms with Crippen LogP contribution in [0.2, 0.25) is 5.02 Å². The van der Waals surface area contributed by atoms with Crippen LogP contribution in [-0.2, 0) is 16.6 Å². The van der Waals surface area contributed by atoms with Gasteiger partial charge in [0.15, 0.2) is 0 Å². The van der Waals surface area contributed by atoms with Crippen LogP contribution in [0.5, 0.6) is 11.5 Å². The maximum atomic E-state index is 13.0. The Morgan fingerprint density at radius 1 is 1.07 bits per heavy atom. The van der Waals surface area contributed by atoms with E-state index < -0.39 is 10.0 Å². The van der Waals surface area contributed by atoms with Crippen molar-refractivity contribution in [3.8, 4) is 11.5 Å². The number of methoxy groups -OCH3 is 2. The molecule has 0 saturated carbocycles. The van der Waals surface area contributed by atoms with Gasteiger partial charge in [-0.2, -0.15) is 5.10 Å². The Morgan fingerprint density at radius 3 is 2.38 bits per heavy atom. The van der Waals surface area contributed by atoms with Crippen molar-refractivity contribution < 1.29 is 17.9 Å². The number of benzene rings is 2. The minimum Gasteiger partial charge on any atom is -0.497 e. The molecule has 0 fully saturated rings. The van der Waals surface area contributed by atoms with Gasteiger partial charge in [0, 0.05) is 11.1 Å². The highest BCUT2D eigenvalue weighted by Crippen LogP contribution is 2.31. The number of aromatic nitrogens is 2. The molecule has 29 heavy (non-hydrogen) atoms. The monoisotopic (exact) mass is 435 g/mol. The topological polar surface area (TPSA) is 82.5 Å². The third kappa shape index (κ3) is 4.49. The molecule has 0 aliphatic rings. The van der Waals surface area contributed by atoms with Crippen LogP contribution in [0, 0.1) is 13.8 Å². The van der Waals surface area contributed by atoms with Crippen molar-refractivity contribution in [2.75, 3.05) is 18.9 Å². The number of hydrogen-bond acceptors (Lipinski definition) is 5. The Hall–Kier alpha value is -2.71. The fraction of sp³-hybridized carbons (Fsp3) is 0.250. The van der Waals surface area contributed by atoms with Gasteiger partial charge in [-0.3, -0.25) is 9.40 Å². The Bertz CT molecular complexity index is 1130. The highest BCUT2D eigenvalue weighted by molar-refractivity contribution is 7.92. The van der Waals surface area contributed by atoms with Crippen LogP contribution in [0.4, 0.5) is 5.69 Å². The zero-order valence-electron chi connectivity index (χ0n) is 16.6. The number of nitrogens with zero attached hydrogens (tertiary/aromatic N) is 2. The number of aryl methyl sites for hydroxylation is 1. The van der Waals surface area contributed by atoms with E-state index in [4.69, 9.17) is 21.1 Å². The predicted octanol–water partition coefficient (Wildman–Crippen LogP) is 4.02. The van der Waals surface area contributed by atoms with E-state index in [2.05, 4.69) is 9.82 Å². The summed E-state index contributed by atoms with van der Waals surface area (Å²) in [7, 11) is -0.978. The van der Waals surface area contributed by atoms with E-state index in [-0.39, 0.29) is 10.6 Å². The van der Waals surface area contributed by atoms with E-state index in [1.807, 2.05) is 31.2 Å². The fourth-order valence-corrected chi connectivity index (χ4v) is 4.40. The number of anilines is 1. The fourth-order valence-electron chi connectivity index (χ4n) is 2.95. The Labute approximate surface area is 175 Å². The lowest BCUT2D eigenvalue weighted by Gasteiger charge is -2.13. The summed E-state index contributed by atoms with van der Waals surface area (Å²) in [6, 6.07) is 12.0. The van der Waals surface area contributed by atoms with Crippen LogP contribution in [0.3, 0.4) is 0 Å². The van der Waals surface area contributed by atoms with E-state index >= 15 is 0 Å². The molecule has 3 rings (SSSR count). The number of rotatable bonds is 7. The van der Waals surface area contributed by atoms with Crippen LogP contribution in [-0.4, -0.2) is 32.4 Å². The molecule has 9 heteroatoms. The molecule has 0 amide bonds. The van der Waals surface area contributed by atoms with Gasteiger partial charge in [-0.25, -0.2) is 8.42 Å². The summed E-state index contributed by atoms with van der Waals surface area (Å²) in [5.74, 6) is 0.699. The normalized spacial score (nSPS) is 11.3. The molecule has 0 saturated heterocycles. The summed E-state index contributed by atoms with van der Waals surface area (Å²) in [5.41, 5.74) is 2.73. The minimum atomic E-state index is -3.89.